The van der Waals surface area contributed by atoms with Crippen LogP contribution >= 0.6 is 0 Å². The van der Waals surface area contributed by atoms with Gasteiger partial charge in [-0.15, -0.1) is 0 Å². The number of carbonyl (C=O) groups is 1. The molecule has 5 nitrogen and oxygen atoms in total. The molecule has 2 rings (SSSR count). The average Bonchev–Trinajstić information content (AvgIpc) is 2.99. The maximum Gasteiger partial charge on any atom is 0.227 e. The van der Waals surface area contributed by atoms with Crippen molar-refractivity contribution >= 4 is 5.91 Å². The highest BCUT2D eigenvalue weighted by Crippen LogP contribution is 2.13. The second kappa shape index (κ2) is 5.84. The lowest BCUT2D eigenvalue weighted by Crippen LogP contribution is -2.43. The normalized spacial score (nSPS) is 23.8. The van der Waals surface area contributed by atoms with Crippen molar-refractivity contribution in [2.45, 2.75) is 12.6 Å². The molecule has 2 heterocycles. The van der Waals surface area contributed by atoms with E-state index in [9.17, 15) is 4.79 Å². The van der Waals surface area contributed by atoms with Crippen molar-refractivity contribution in [3.05, 3.63) is 24.5 Å². The van der Waals surface area contributed by atoms with E-state index in [4.69, 9.17) is 4.74 Å². The molecular formula is C12H19N3O2. The Morgan fingerprint density at radius 2 is 2.18 bits per heavy atom. The molecule has 17 heavy (non-hydrogen) atoms. The van der Waals surface area contributed by atoms with E-state index < -0.39 is 0 Å². The zero-order valence-electron chi connectivity index (χ0n) is 10.1. The number of likely N-dealkylation sites (N-methyl/N-ethyl adjacent to an activating group) is 1. The number of nitrogens with one attached hydrogen (secondary N) is 2. The first kappa shape index (κ1) is 12.1. The van der Waals surface area contributed by atoms with Gasteiger partial charge in [-0.3, -0.25) is 4.79 Å². The molecule has 1 saturated heterocycles. The Morgan fingerprint density at radius 3 is 2.88 bits per heavy atom. The predicted octanol–water partition coefficient (Wildman–Crippen LogP) is -0.161. The van der Waals surface area contributed by atoms with Gasteiger partial charge >= 0.3 is 0 Å². The second-order valence-corrected chi connectivity index (χ2v) is 4.25. The largest absolute Gasteiger partial charge is 0.379 e. The third-order valence-corrected chi connectivity index (χ3v) is 3.12. The molecule has 1 aliphatic rings. The van der Waals surface area contributed by atoms with Crippen molar-refractivity contribution in [3.8, 4) is 0 Å². The maximum absolute atomic E-state index is 11.9. The van der Waals surface area contributed by atoms with E-state index in [2.05, 4.69) is 10.6 Å². The number of hydrogen-bond donors (Lipinski definition) is 2. The third-order valence-electron chi connectivity index (χ3n) is 3.12. The minimum atomic E-state index is -0.0651. The second-order valence-electron chi connectivity index (χ2n) is 4.25. The van der Waals surface area contributed by atoms with Crippen molar-refractivity contribution in [1.82, 2.24) is 15.2 Å². The van der Waals surface area contributed by atoms with E-state index in [0.717, 1.165) is 6.54 Å². The molecule has 0 saturated carbocycles. The van der Waals surface area contributed by atoms with E-state index in [1.165, 1.54) is 0 Å². The van der Waals surface area contributed by atoms with Gasteiger partial charge in [0, 0.05) is 31.5 Å². The van der Waals surface area contributed by atoms with Gasteiger partial charge in [-0.25, -0.2) is 0 Å². The van der Waals surface area contributed by atoms with Crippen LogP contribution in [0.5, 0.6) is 0 Å². The van der Waals surface area contributed by atoms with Crippen molar-refractivity contribution < 1.29 is 9.53 Å². The fourth-order valence-corrected chi connectivity index (χ4v) is 2.06. The fraction of sp³-hybridized carbons (Fsp3) is 0.583. The van der Waals surface area contributed by atoms with Gasteiger partial charge in [0.05, 0.1) is 19.1 Å². The minimum absolute atomic E-state index is 0.0651. The first-order chi connectivity index (χ1) is 8.31. The van der Waals surface area contributed by atoms with Crippen molar-refractivity contribution in [3.63, 3.8) is 0 Å². The van der Waals surface area contributed by atoms with Crippen LogP contribution in [0.25, 0.3) is 0 Å². The first-order valence-electron chi connectivity index (χ1n) is 5.94. The van der Waals surface area contributed by atoms with Crippen LogP contribution in [0, 0.1) is 5.92 Å². The Balaban J connectivity index is 1.73. The molecule has 1 aromatic heterocycles. The zero-order valence-corrected chi connectivity index (χ0v) is 10.1. The van der Waals surface area contributed by atoms with E-state index in [0.29, 0.717) is 19.8 Å². The van der Waals surface area contributed by atoms with Gasteiger partial charge in [0.2, 0.25) is 5.91 Å². The smallest absolute Gasteiger partial charge is 0.227 e. The molecule has 1 aromatic rings. The van der Waals surface area contributed by atoms with Crippen LogP contribution in [-0.4, -0.2) is 43.3 Å². The Labute approximate surface area is 101 Å². The average molecular weight is 237 g/mol. The fourth-order valence-electron chi connectivity index (χ4n) is 2.06. The molecule has 1 amide bonds. The quantitative estimate of drug-likeness (QED) is 0.748. The number of ether oxygens (including phenoxy) is 1. The number of nitrogens with zero attached hydrogens (tertiary/aromatic N) is 1. The Hall–Kier alpha value is -1.33. The van der Waals surface area contributed by atoms with E-state index in [-0.39, 0.29) is 17.9 Å². The maximum atomic E-state index is 11.9. The summed E-state index contributed by atoms with van der Waals surface area (Å²) in [6.45, 7) is 2.59. The van der Waals surface area contributed by atoms with Gasteiger partial charge in [-0.05, 0) is 19.2 Å². The lowest BCUT2D eigenvalue weighted by atomic mass is 10.0. The number of carbonyl (C=O) groups excluding carboxylic acids is 1. The standard InChI is InChI=1S/C12H19N3O2/c1-13-11-9-17-8-10(11)12(16)14-4-7-15-5-2-3-6-15/h2-3,5-6,10-11,13H,4,7-9H2,1H3,(H,14,16). The summed E-state index contributed by atoms with van der Waals surface area (Å²) >= 11 is 0. The Kier molecular flexibility index (Phi) is 4.17. The molecule has 1 fully saturated rings. The summed E-state index contributed by atoms with van der Waals surface area (Å²) in [6.07, 6.45) is 3.97. The summed E-state index contributed by atoms with van der Waals surface area (Å²) in [5.74, 6) is 0.0127. The molecule has 0 aromatic carbocycles. The van der Waals surface area contributed by atoms with Crippen LogP contribution in [-0.2, 0) is 16.1 Å². The van der Waals surface area contributed by atoms with Crippen molar-refractivity contribution in [1.29, 1.82) is 0 Å². The van der Waals surface area contributed by atoms with E-state index >= 15 is 0 Å². The number of hydrogen-bond acceptors (Lipinski definition) is 3. The highest BCUT2D eigenvalue weighted by atomic mass is 16.5. The van der Waals surface area contributed by atoms with Gasteiger partial charge in [0.1, 0.15) is 0 Å². The molecule has 1 aliphatic heterocycles. The number of amides is 1. The summed E-state index contributed by atoms with van der Waals surface area (Å²) in [7, 11) is 1.86. The topological polar surface area (TPSA) is 55.3 Å². The predicted molar refractivity (Wildman–Crippen MR) is 64.6 cm³/mol. The third kappa shape index (κ3) is 3.08. The van der Waals surface area contributed by atoms with Crippen LogP contribution in [0.15, 0.2) is 24.5 Å². The summed E-state index contributed by atoms with van der Waals surface area (Å²) < 4.78 is 7.35. The highest BCUT2D eigenvalue weighted by molar-refractivity contribution is 5.79. The number of rotatable bonds is 5. The Morgan fingerprint density at radius 1 is 1.41 bits per heavy atom. The molecule has 0 aliphatic carbocycles. The molecule has 0 spiro atoms. The van der Waals surface area contributed by atoms with Gasteiger partial charge in [-0.2, -0.15) is 0 Å². The van der Waals surface area contributed by atoms with Gasteiger partial charge < -0.3 is 19.9 Å². The van der Waals surface area contributed by atoms with Crippen LogP contribution < -0.4 is 10.6 Å². The lowest BCUT2D eigenvalue weighted by molar-refractivity contribution is -0.125. The SMILES string of the molecule is CNC1COCC1C(=O)NCCn1cccc1. The Bertz CT molecular complexity index is 351. The monoisotopic (exact) mass is 237 g/mol. The molecule has 0 radical (unpaired) electrons. The van der Waals surface area contributed by atoms with Crippen LogP contribution in [0.2, 0.25) is 0 Å². The summed E-state index contributed by atoms with van der Waals surface area (Å²) in [5.41, 5.74) is 0. The molecule has 2 atom stereocenters. The van der Waals surface area contributed by atoms with Gasteiger partial charge in [-0.1, -0.05) is 0 Å². The van der Waals surface area contributed by atoms with Crippen LogP contribution in [0.4, 0.5) is 0 Å². The van der Waals surface area contributed by atoms with Crippen molar-refractivity contribution in [2.24, 2.45) is 5.92 Å². The molecule has 5 heteroatoms. The highest BCUT2D eigenvalue weighted by Gasteiger charge is 2.32. The van der Waals surface area contributed by atoms with Gasteiger partial charge in [0.25, 0.3) is 0 Å². The number of aromatic nitrogens is 1. The summed E-state index contributed by atoms with van der Waals surface area (Å²) in [5, 5.41) is 6.06. The van der Waals surface area contributed by atoms with Gasteiger partial charge in [0.15, 0.2) is 0 Å². The zero-order chi connectivity index (χ0) is 12.1. The first-order valence-corrected chi connectivity index (χ1v) is 5.94. The molecule has 2 unspecified atom stereocenters. The minimum Gasteiger partial charge on any atom is -0.379 e. The molecule has 0 bridgehead atoms. The van der Waals surface area contributed by atoms with Crippen LogP contribution in [0.3, 0.4) is 0 Å². The van der Waals surface area contributed by atoms with E-state index in [1.807, 2.05) is 36.1 Å². The molecule has 2 N–H and O–H groups in total. The van der Waals surface area contributed by atoms with Crippen molar-refractivity contribution in [2.75, 3.05) is 26.8 Å². The summed E-state index contributed by atoms with van der Waals surface area (Å²) in [6, 6.07) is 4.09. The lowest BCUT2D eigenvalue weighted by Gasteiger charge is -2.16. The molecular weight excluding hydrogens is 218 g/mol. The van der Waals surface area contributed by atoms with E-state index in [1.54, 1.807) is 0 Å². The van der Waals surface area contributed by atoms with Crippen LogP contribution in [0.1, 0.15) is 0 Å². The summed E-state index contributed by atoms with van der Waals surface area (Å²) in [4.78, 5) is 11.9. The molecule has 94 valence electrons.